The van der Waals surface area contributed by atoms with Gasteiger partial charge in [0, 0.05) is 23.0 Å². The number of rotatable bonds is 4. The highest BCUT2D eigenvalue weighted by Crippen LogP contribution is 2.66. The van der Waals surface area contributed by atoms with Gasteiger partial charge in [0.15, 0.2) is 0 Å². The van der Waals surface area contributed by atoms with Crippen molar-refractivity contribution in [1.29, 1.82) is 0 Å². The predicted molar refractivity (Wildman–Crippen MR) is 216 cm³/mol. The van der Waals surface area contributed by atoms with Gasteiger partial charge in [0.1, 0.15) is 17.6 Å². The molecule has 10 rings (SSSR count). The van der Waals surface area contributed by atoms with Gasteiger partial charge in [-0.2, -0.15) is 9.48 Å². The first-order valence-corrected chi connectivity index (χ1v) is 21.0. The number of allylic oxidation sites excluding steroid dienone is 2. The molecule has 52 heavy (non-hydrogen) atoms. The molecule has 4 aliphatic carbocycles. The van der Waals surface area contributed by atoms with E-state index in [9.17, 15) is 0 Å². The van der Waals surface area contributed by atoms with Crippen LogP contribution >= 0.6 is 0 Å². The van der Waals surface area contributed by atoms with Crippen molar-refractivity contribution in [3.63, 3.8) is 0 Å². The predicted octanol–water partition coefficient (Wildman–Crippen LogP) is 11.4. The summed E-state index contributed by atoms with van der Waals surface area (Å²) in [6.45, 7) is 19.8. The minimum absolute atomic E-state index is 0.0429. The first-order chi connectivity index (χ1) is 25.0. The maximum atomic E-state index is 3.04. The third kappa shape index (κ3) is 3.94. The Balaban J connectivity index is 1.36. The summed E-state index contributed by atoms with van der Waals surface area (Å²) in [5.41, 5.74) is 16.3. The van der Waals surface area contributed by atoms with E-state index < -0.39 is 0 Å². The first-order valence-electron chi connectivity index (χ1n) is 21.0. The Labute approximate surface area is 312 Å². The zero-order chi connectivity index (χ0) is 35.9. The number of pyridine rings is 1. The number of fused-ring (bicyclic) bond motifs is 12. The quantitative estimate of drug-likeness (QED) is 0.194. The fraction of sp³-hybridized carbons (Fsp3) is 0.510. The number of amidine groups is 1. The summed E-state index contributed by atoms with van der Waals surface area (Å²) in [5.74, 6) is 2.14. The molecule has 4 aromatic rings. The monoisotopic (exact) mass is 689 g/mol. The molecule has 2 saturated carbocycles. The van der Waals surface area contributed by atoms with Crippen molar-refractivity contribution >= 4 is 27.9 Å². The second-order valence-corrected chi connectivity index (χ2v) is 18.9. The van der Waals surface area contributed by atoms with Crippen LogP contribution in [0.1, 0.15) is 159 Å². The van der Waals surface area contributed by atoms with Crippen molar-refractivity contribution in [1.82, 2.24) is 4.90 Å². The molecule has 3 heterocycles. The molecule has 0 radical (unpaired) electrons. The van der Waals surface area contributed by atoms with Crippen LogP contribution in [0, 0.1) is 5.92 Å². The Morgan fingerprint density at radius 2 is 1.31 bits per heavy atom. The van der Waals surface area contributed by atoms with E-state index in [1.54, 1.807) is 22.5 Å². The maximum absolute atomic E-state index is 3.04. The number of aromatic nitrogens is 1. The number of benzene rings is 3. The normalized spacial score (nSPS) is 24.5. The molecule has 6 aliphatic rings. The van der Waals surface area contributed by atoms with Crippen LogP contribution in [0.3, 0.4) is 0 Å². The van der Waals surface area contributed by atoms with E-state index in [1.807, 2.05) is 0 Å². The highest BCUT2D eigenvalue weighted by Gasteiger charge is 2.78. The van der Waals surface area contributed by atoms with Crippen LogP contribution in [0.4, 0.5) is 0 Å². The van der Waals surface area contributed by atoms with Crippen molar-refractivity contribution in [2.24, 2.45) is 5.92 Å². The topological polar surface area (TPSA) is 10.1 Å². The van der Waals surface area contributed by atoms with Crippen molar-refractivity contribution in [2.45, 2.75) is 154 Å². The van der Waals surface area contributed by atoms with Crippen molar-refractivity contribution < 1.29 is 9.14 Å². The Morgan fingerprint density at radius 3 is 2.02 bits per heavy atom. The summed E-state index contributed by atoms with van der Waals surface area (Å²) < 4.78 is 5.95. The van der Waals surface area contributed by atoms with Crippen molar-refractivity contribution in [2.75, 3.05) is 0 Å². The van der Waals surface area contributed by atoms with Crippen LogP contribution in [-0.2, 0) is 16.6 Å². The molecule has 3 nitrogen and oxygen atoms in total. The van der Waals surface area contributed by atoms with Gasteiger partial charge < -0.3 is 0 Å². The molecule has 0 saturated heterocycles. The second kappa shape index (κ2) is 11.2. The standard InChI is InChI=1S/C49H59N3/c1-30(2)37-29-41-42-39(28-27-36-43(42)48(7,8)44-35-24-15-17-25-38(35)47(5,6)45(36)44)49(52(41)40-26-18-16-23-34(37)40)50(32-19-11-9-12-20-32)46(31(3)4)51(49)33-21-13-10-14-22-33/h15-18,23-33H,9-14,19-22H2,1-8H3/q+2. The van der Waals surface area contributed by atoms with Gasteiger partial charge in [-0.15, -0.1) is 4.57 Å². The summed E-state index contributed by atoms with van der Waals surface area (Å²) in [6.07, 6.45) is 13.3. The average molecular weight is 690 g/mol. The Morgan fingerprint density at radius 1 is 0.654 bits per heavy atom. The van der Waals surface area contributed by atoms with E-state index in [1.165, 1.54) is 114 Å². The fourth-order valence-corrected chi connectivity index (χ4v) is 12.6. The number of hydrogen-bond donors (Lipinski definition) is 0. The smallest absolute Gasteiger partial charge is 0.155 e. The molecular formula is C49H59N3+2. The molecule has 268 valence electrons. The van der Waals surface area contributed by atoms with Crippen LogP contribution in [0.25, 0.3) is 33.3 Å². The molecule has 1 spiro atoms. The molecule has 3 heteroatoms. The minimum Gasteiger partial charge on any atom is -0.155 e. The van der Waals surface area contributed by atoms with E-state index in [0.717, 1.165) is 0 Å². The van der Waals surface area contributed by atoms with Crippen LogP contribution in [-0.4, -0.2) is 27.4 Å². The second-order valence-electron chi connectivity index (χ2n) is 18.9. The number of para-hydroxylation sites is 1. The van der Waals surface area contributed by atoms with Gasteiger partial charge in [0.2, 0.25) is 11.2 Å². The van der Waals surface area contributed by atoms with Gasteiger partial charge in [-0.05, 0) is 108 Å². The lowest BCUT2D eigenvalue weighted by Gasteiger charge is -2.50. The number of nitrogens with zero attached hydrogens (tertiary/aromatic N) is 3. The highest BCUT2D eigenvalue weighted by molar-refractivity contribution is 6.11. The largest absolute Gasteiger partial charge is 0.479 e. The molecule has 3 aromatic carbocycles. The summed E-state index contributed by atoms with van der Waals surface area (Å²) in [4.78, 5) is 3.04. The average Bonchev–Trinajstić information content (AvgIpc) is 3.68. The Kier molecular flexibility index (Phi) is 7.06. The molecule has 0 amide bonds. The summed E-state index contributed by atoms with van der Waals surface area (Å²) in [6, 6.07) is 27.8. The first kappa shape index (κ1) is 32.9. The molecule has 1 atom stereocenters. The van der Waals surface area contributed by atoms with Crippen LogP contribution in [0.5, 0.6) is 0 Å². The molecule has 2 fully saturated rings. The SMILES string of the molecule is CC(C)C1=[N+](C2CCCCC2)C2(c3ccc4c(c3-c3cc(C(C)C)c5ccccc5[n+]32)C(C)(C)C2=C4C(C)(C)c3ccccc32)N1C1CCCCC1. The Bertz CT molecular complexity index is 2230. The van der Waals surface area contributed by atoms with E-state index in [2.05, 4.69) is 136 Å². The summed E-state index contributed by atoms with van der Waals surface area (Å²) in [5, 5.41) is 1.42. The lowest BCUT2D eigenvalue weighted by Crippen LogP contribution is -2.84. The zero-order valence-electron chi connectivity index (χ0n) is 33.1. The van der Waals surface area contributed by atoms with Gasteiger partial charge in [-0.25, -0.2) is 0 Å². The van der Waals surface area contributed by atoms with Gasteiger partial charge in [0.05, 0.1) is 16.9 Å². The summed E-state index contributed by atoms with van der Waals surface area (Å²) in [7, 11) is 0. The van der Waals surface area contributed by atoms with Crippen molar-refractivity contribution in [3.8, 4) is 11.3 Å². The third-order valence-corrected chi connectivity index (χ3v) is 14.6. The van der Waals surface area contributed by atoms with Crippen molar-refractivity contribution in [3.05, 3.63) is 100 Å². The van der Waals surface area contributed by atoms with E-state index in [4.69, 9.17) is 0 Å². The Hall–Kier alpha value is -3.72. The van der Waals surface area contributed by atoms with Gasteiger partial charge in [-0.3, -0.25) is 0 Å². The molecule has 1 unspecified atom stereocenters. The van der Waals surface area contributed by atoms with E-state index in [-0.39, 0.29) is 16.6 Å². The molecule has 0 bridgehead atoms. The van der Waals surface area contributed by atoms with Gasteiger partial charge in [-0.1, -0.05) is 111 Å². The van der Waals surface area contributed by atoms with Gasteiger partial charge in [0.25, 0.3) is 5.84 Å². The lowest BCUT2D eigenvalue weighted by atomic mass is 9.72. The van der Waals surface area contributed by atoms with E-state index >= 15 is 0 Å². The number of hydrogen-bond acceptors (Lipinski definition) is 1. The van der Waals surface area contributed by atoms with Crippen LogP contribution < -0.4 is 4.57 Å². The van der Waals surface area contributed by atoms with Crippen LogP contribution in [0.2, 0.25) is 0 Å². The highest BCUT2D eigenvalue weighted by atomic mass is 15.6. The lowest BCUT2D eigenvalue weighted by molar-refractivity contribution is -0.957. The molecule has 2 aliphatic heterocycles. The fourth-order valence-electron chi connectivity index (χ4n) is 12.6. The summed E-state index contributed by atoms with van der Waals surface area (Å²) >= 11 is 0. The molecule has 0 N–H and O–H groups in total. The molecular weight excluding hydrogens is 631 g/mol. The minimum atomic E-state index is -0.366. The third-order valence-electron chi connectivity index (χ3n) is 14.6. The van der Waals surface area contributed by atoms with Gasteiger partial charge >= 0.3 is 5.79 Å². The zero-order valence-corrected chi connectivity index (χ0v) is 33.1. The van der Waals surface area contributed by atoms with E-state index in [0.29, 0.717) is 23.9 Å². The van der Waals surface area contributed by atoms with Crippen LogP contribution in [0.15, 0.2) is 66.7 Å². The maximum Gasteiger partial charge on any atom is 0.479 e. The molecule has 1 aromatic heterocycles.